The summed E-state index contributed by atoms with van der Waals surface area (Å²) in [6, 6.07) is 10.4. The summed E-state index contributed by atoms with van der Waals surface area (Å²) < 4.78 is 5.27. The summed E-state index contributed by atoms with van der Waals surface area (Å²) in [4.78, 5) is 6.90. The van der Waals surface area contributed by atoms with Crippen molar-refractivity contribution in [1.29, 1.82) is 0 Å². The van der Waals surface area contributed by atoms with E-state index in [-0.39, 0.29) is 0 Å². The van der Waals surface area contributed by atoms with Gasteiger partial charge in [-0.2, -0.15) is 4.98 Å². The third-order valence-electron chi connectivity index (χ3n) is 3.82. The second-order valence-electron chi connectivity index (χ2n) is 5.76. The Kier molecular flexibility index (Phi) is 7.60. The van der Waals surface area contributed by atoms with E-state index in [2.05, 4.69) is 34.2 Å². The highest BCUT2D eigenvalue weighted by atomic mass is 16.5. The van der Waals surface area contributed by atoms with Gasteiger partial charge in [0.25, 0.3) is 0 Å². The molecule has 0 amide bonds. The van der Waals surface area contributed by atoms with Gasteiger partial charge in [0.2, 0.25) is 5.82 Å². The number of rotatable bonds is 11. The van der Waals surface area contributed by atoms with Crippen molar-refractivity contribution in [2.45, 2.75) is 39.5 Å². The van der Waals surface area contributed by atoms with E-state index >= 15 is 0 Å². The lowest BCUT2D eigenvalue weighted by molar-refractivity contribution is 0.274. The predicted octanol–water partition coefficient (Wildman–Crippen LogP) is 4.05. The summed E-state index contributed by atoms with van der Waals surface area (Å²) >= 11 is 0. The van der Waals surface area contributed by atoms with E-state index in [1.807, 2.05) is 30.3 Å². The molecule has 126 valence electrons. The van der Waals surface area contributed by atoms with Gasteiger partial charge in [0, 0.05) is 18.7 Å². The predicted molar refractivity (Wildman–Crippen MR) is 94.5 cm³/mol. The average Bonchev–Trinajstić information content (AvgIpc) is 3.06. The molecule has 0 aliphatic heterocycles. The maximum atomic E-state index is 5.27. The lowest BCUT2D eigenvalue weighted by Gasteiger charge is -2.21. The van der Waals surface area contributed by atoms with Crippen LogP contribution in [0.2, 0.25) is 0 Å². The van der Waals surface area contributed by atoms with Crippen molar-refractivity contribution in [2.75, 3.05) is 31.5 Å². The Balaban J connectivity index is 1.79. The van der Waals surface area contributed by atoms with Crippen LogP contribution in [0, 0.1) is 0 Å². The molecule has 2 aromatic rings. The lowest BCUT2D eigenvalue weighted by Crippen LogP contribution is -2.31. The topological polar surface area (TPSA) is 54.2 Å². The first kappa shape index (κ1) is 17.5. The quantitative estimate of drug-likeness (QED) is 0.678. The van der Waals surface area contributed by atoms with Crippen molar-refractivity contribution in [3.8, 4) is 11.4 Å². The standard InChI is InChI=1S/C18H28N4O/c1-3-5-13-22(14-6-4-2)15-12-19-18-20-17(21-23-18)16-10-8-7-9-11-16/h7-11H,3-6,12-15H2,1-2H3,(H,19,20,21). The molecular formula is C18H28N4O. The molecule has 0 aliphatic carbocycles. The fraction of sp³-hybridized carbons (Fsp3) is 0.556. The van der Waals surface area contributed by atoms with Crippen LogP contribution < -0.4 is 5.32 Å². The molecule has 0 fully saturated rings. The van der Waals surface area contributed by atoms with Gasteiger partial charge in [0.15, 0.2) is 0 Å². The molecule has 5 heteroatoms. The molecule has 0 atom stereocenters. The van der Waals surface area contributed by atoms with Gasteiger partial charge < -0.3 is 14.7 Å². The highest BCUT2D eigenvalue weighted by Crippen LogP contribution is 2.16. The number of benzene rings is 1. The summed E-state index contributed by atoms with van der Waals surface area (Å²) in [5.74, 6) is 0.627. The normalized spacial score (nSPS) is 11.1. The first-order chi connectivity index (χ1) is 11.3. The van der Waals surface area contributed by atoms with E-state index in [1.165, 1.54) is 25.7 Å². The Morgan fingerprint density at radius 3 is 2.35 bits per heavy atom. The van der Waals surface area contributed by atoms with Gasteiger partial charge in [-0.05, 0) is 25.9 Å². The van der Waals surface area contributed by atoms with Crippen molar-refractivity contribution in [3.05, 3.63) is 30.3 Å². The number of hydrogen-bond donors (Lipinski definition) is 1. The molecule has 1 N–H and O–H groups in total. The summed E-state index contributed by atoms with van der Waals surface area (Å²) in [5, 5.41) is 7.26. The SMILES string of the molecule is CCCCN(CCCC)CCNc1nc(-c2ccccc2)no1. The Morgan fingerprint density at radius 1 is 1.00 bits per heavy atom. The van der Waals surface area contributed by atoms with Crippen LogP contribution in [0.25, 0.3) is 11.4 Å². The fourth-order valence-electron chi connectivity index (χ4n) is 2.42. The highest BCUT2D eigenvalue weighted by Gasteiger charge is 2.08. The number of aromatic nitrogens is 2. The molecule has 0 saturated carbocycles. The van der Waals surface area contributed by atoms with E-state index in [4.69, 9.17) is 4.52 Å². The molecule has 1 heterocycles. The largest absolute Gasteiger partial charge is 0.336 e. The van der Waals surface area contributed by atoms with Crippen molar-refractivity contribution in [3.63, 3.8) is 0 Å². The first-order valence-corrected chi connectivity index (χ1v) is 8.68. The molecule has 0 saturated heterocycles. The van der Waals surface area contributed by atoms with Crippen LogP contribution in [0.5, 0.6) is 0 Å². The summed E-state index contributed by atoms with van der Waals surface area (Å²) in [6.07, 6.45) is 4.98. The zero-order valence-corrected chi connectivity index (χ0v) is 14.3. The number of hydrogen-bond acceptors (Lipinski definition) is 5. The first-order valence-electron chi connectivity index (χ1n) is 8.68. The number of nitrogens with zero attached hydrogens (tertiary/aromatic N) is 3. The molecular weight excluding hydrogens is 288 g/mol. The molecule has 0 bridgehead atoms. The number of nitrogens with one attached hydrogen (secondary N) is 1. The monoisotopic (exact) mass is 316 g/mol. The molecule has 0 unspecified atom stereocenters. The van der Waals surface area contributed by atoms with Crippen molar-refractivity contribution < 1.29 is 4.52 Å². The minimum absolute atomic E-state index is 0.495. The van der Waals surface area contributed by atoms with E-state index in [9.17, 15) is 0 Å². The third kappa shape index (κ3) is 6.02. The van der Waals surface area contributed by atoms with Crippen LogP contribution in [0.1, 0.15) is 39.5 Å². The van der Waals surface area contributed by atoms with Crippen LogP contribution in [0.3, 0.4) is 0 Å². The van der Waals surface area contributed by atoms with Gasteiger partial charge in [-0.15, -0.1) is 0 Å². The van der Waals surface area contributed by atoms with Crippen LogP contribution in [0.15, 0.2) is 34.9 Å². The Hall–Kier alpha value is -1.88. The zero-order valence-electron chi connectivity index (χ0n) is 14.3. The van der Waals surface area contributed by atoms with Gasteiger partial charge in [-0.25, -0.2) is 0 Å². The van der Waals surface area contributed by atoms with Crippen LogP contribution in [0.4, 0.5) is 6.01 Å². The molecule has 5 nitrogen and oxygen atoms in total. The summed E-state index contributed by atoms with van der Waals surface area (Å²) in [6.45, 7) is 8.63. The van der Waals surface area contributed by atoms with Gasteiger partial charge in [0.05, 0.1) is 0 Å². The zero-order chi connectivity index (χ0) is 16.3. The molecule has 1 aromatic heterocycles. The van der Waals surface area contributed by atoms with Gasteiger partial charge in [-0.1, -0.05) is 62.2 Å². The molecule has 0 radical (unpaired) electrons. The van der Waals surface area contributed by atoms with Crippen molar-refractivity contribution >= 4 is 6.01 Å². The molecule has 0 spiro atoms. The highest BCUT2D eigenvalue weighted by molar-refractivity contribution is 5.54. The van der Waals surface area contributed by atoms with E-state index < -0.39 is 0 Å². The second-order valence-corrected chi connectivity index (χ2v) is 5.76. The molecule has 2 rings (SSSR count). The maximum absolute atomic E-state index is 5.27. The summed E-state index contributed by atoms with van der Waals surface area (Å²) in [5.41, 5.74) is 0.969. The maximum Gasteiger partial charge on any atom is 0.321 e. The average molecular weight is 316 g/mol. The van der Waals surface area contributed by atoms with Crippen molar-refractivity contribution in [2.24, 2.45) is 0 Å². The van der Waals surface area contributed by atoms with Crippen LogP contribution in [-0.2, 0) is 0 Å². The van der Waals surface area contributed by atoms with Gasteiger partial charge in [0.1, 0.15) is 0 Å². The number of anilines is 1. The van der Waals surface area contributed by atoms with Crippen LogP contribution >= 0.6 is 0 Å². The molecule has 1 aromatic carbocycles. The number of unbranched alkanes of at least 4 members (excludes halogenated alkanes) is 2. The Bertz CT molecular complexity index is 533. The molecule has 0 aliphatic rings. The molecule has 23 heavy (non-hydrogen) atoms. The second kappa shape index (κ2) is 10.0. The van der Waals surface area contributed by atoms with Crippen LogP contribution in [-0.4, -0.2) is 41.2 Å². The Labute approximate surface area is 139 Å². The van der Waals surface area contributed by atoms with E-state index in [1.54, 1.807) is 0 Å². The van der Waals surface area contributed by atoms with Crippen molar-refractivity contribution in [1.82, 2.24) is 15.0 Å². The summed E-state index contributed by atoms with van der Waals surface area (Å²) in [7, 11) is 0. The minimum Gasteiger partial charge on any atom is -0.336 e. The lowest BCUT2D eigenvalue weighted by atomic mass is 10.2. The fourth-order valence-corrected chi connectivity index (χ4v) is 2.42. The van der Waals surface area contributed by atoms with E-state index in [0.29, 0.717) is 11.8 Å². The smallest absolute Gasteiger partial charge is 0.321 e. The Morgan fingerprint density at radius 2 is 1.70 bits per heavy atom. The third-order valence-corrected chi connectivity index (χ3v) is 3.82. The minimum atomic E-state index is 0.495. The van der Waals surface area contributed by atoms with Gasteiger partial charge in [-0.3, -0.25) is 0 Å². The van der Waals surface area contributed by atoms with E-state index in [0.717, 1.165) is 31.7 Å². The van der Waals surface area contributed by atoms with Gasteiger partial charge >= 0.3 is 6.01 Å².